The van der Waals surface area contributed by atoms with Crippen molar-refractivity contribution in [2.75, 3.05) is 6.61 Å². The molecule has 6 heteroatoms. The number of aromatic nitrogens is 1. The molecule has 0 saturated carbocycles. The van der Waals surface area contributed by atoms with Crippen LogP contribution in [0.25, 0.3) is 10.9 Å². The first-order chi connectivity index (χ1) is 11.6. The molecule has 0 radical (unpaired) electrons. The minimum absolute atomic E-state index is 0.368. The number of rotatable bonds is 5. The van der Waals surface area contributed by atoms with Gasteiger partial charge in [-0.3, -0.25) is 4.98 Å². The van der Waals surface area contributed by atoms with Crippen LogP contribution in [0, 0.1) is 0 Å². The van der Waals surface area contributed by atoms with Crippen LogP contribution in [-0.2, 0) is 20.9 Å². The summed E-state index contributed by atoms with van der Waals surface area (Å²) in [5.74, 6) is -0.514. The first-order valence-corrected chi connectivity index (χ1v) is 10.2. The molecule has 0 fully saturated rings. The van der Waals surface area contributed by atoms with E-state index in [4.69, 9.17) is 20.9 Å². The Morgan fingerprint density at radius 3 is 2.58 bits per heavy atom. The lowest BCUT2D eigenvalue weighted by molar-refractivity contribution is 0.0733. The van der Waals surface area contributed by atoms with Crippen LogP contribution in [0.5, 0.6) is 0 Å². The molecular weight excluding hydrogens is 341 g/mol. The number of pyridine rings is 1. The minimum atomic E-state index is -2.92. The average molecular weight is 357 g/mol. The van der Waals surface area contributed by atoms with Gasteiger partial charge in [0.25, 0.3) is 6.49 Å². The third-order valence-electron chi connectivity index (χ3n) is 3.43. The summed E-state index contributed by atoms with van der Waals surface area (Å²) in [6.07, 6.45) is 1.65. The van der Waals surface area contributed by atoms with Gasteiger partial charge < -0.3 is 9.05 Å². The van der Waals surface area contributed by atoms with Crippen LogP contribution in [0.4, 0.5) is 0 Å². The van der Waals surface area contributed by atoms with Gasteiger partial charge >= 0.3 is 5.97 Å². The molecule has 0 N–H and O–H groups in total. The Morgan fingerprint density at radius 2 is 1.83 bits per heavy atom. The normalized spacial score (nSPS) is 13.4. The zero-order valence-corrected chi connectivity index (χ0v) is 14.8. The number of hydrogen-bond donors (Lipinski definition) is 0. The van der Waals surface area contributed by atoms with Gasteiger partial charge in [-0.15, -0.1) is 0 Å². The number of nitrogens with zero attached hydrogens (tertiary/aromatic N) is 1. The van der Waals surface area contributed by atoms with Crippen LogP contribution in [0.1, 0.15) is 17.3 Å². The van der Waals surface area contributed by atoms with Gasteiger partial charge in [0.1, 0.15) is 0 Å². The van der Waals surface area contributed by atoms with Crippen LogP contribution in [-0.4, -0.2) is 17.6 Å². The molecule has 24 heavy (non-hydrogen) atoms. The van der Waals surface area contributed by atoms with Crippen molar-refractivity contribution in [2.45, 2.75) is 6.92 Å². The number of hydrogen-bond acceptors (Lipinski definition) is 5. The molecule has 0 spiro atoms. The van der Waals surface area contributed by atoms with Crippen molar-refractivity contribution in [3.05, 3.63) is 72.4 Å². The summed E-state index contributed by atoms with van der Waals surface area (Å²) < 4.78 is 11.4. The highest BCUT2D eigenvalue weighted by Gasteiger charge is 2.27. The molecule has 3 aromatic rings. The highest BCUT2D eigenvalue weighted by Crippen LogP contribution is 2.48. The van der Waals surface area contributed by atoms with Gasteiger partial charge in [0, 0.05) is 16.9 Å². The maximum Gasteiger partial charge on any atom is 0.345 e. The van der Waals surface area contributed by atoms with E-state index in [0.717, 1.165) is 5.39 Å². The molecule has 2 aromatic carbocycles. The summed E-state index contributed by atoms with van der Waals surface area (Å²) in [5.41, 5.74) is 0.981. The molecule has 0 bridgehead atoms. The van der Waals surface area contributed by atoms with E-state index in [0.29, 0.717) is 23.0 Å². The molecule has 1 heterocycles. The van der Waals surface area contributed by atoms with E-state index in [1.54, 1.807) is 18.3 Å². The van der Waals surface area contributed by atoms with Crippen molar-refractivity contribution in [1.82, 2.24) is 4.98 Å². The van der Waals surface area contributed by atoms with Gasteiger partial charge in [0.15, 0.2) is 0 Å². The van der Waals surface area contributed by atoms with Gasteiger partial charge in [0.2, 0.25) is 0 Å². The predicted octanol–water partition coefficient (Wildman–Crippen LogP) is 4.06. The number of benzene rings is 2. The second kappa shape index (κ2) is 7.22. The SMILES string of the molecule is CCOP(=S)(OC(=O)c1cccc2cccnc12)c1ccccc1. The Kier molecular flexibility index (Phi) is 5.05. The number of carbonyl (C=O) groups is 1. The third-order valence-corrected chi connectivity index (χ3v) is 6.53. The first kappa shape index (κ1) is 16.8. The lowest BCUT2D eigenvalue weighted by atomic mass is 10.1. The molecular formula is C18H16NO3PS. The fraction of sp³-hybridized carbons (Fsp3) is 0.111. The first-order valence-electron chi connectivity index (χ1n) is 7.52. The van der Waals surface area contributed by atoms with E-state index in [2.05, 4.69) is 4.98 Å². The summed E-state index contributed by atoms with van der Waals surface area (Å²) >= 11 is 5.59. The topological polar surface area (TPSA) is 48.4 Å². The van der Waals surface area contributed by atoms with E-state index in [-0.39, 0.29) is 0 Å². The van der Waals surface area contributed by atoms with E-state index < -0.39 is 12.5 Å². The Balaban J connectivity index is 1.98. The molecule has 0 amide bonds. The van der Waals surface area contributed by atoms with E-state index in [1.165, 1.54) is 0 Å². The lowest BCUT2D eigenvalue weighted by Gasteiger charge is -2.21. The third kappa shape index (κ3) is 3.39. The molecule has 1 atom stereocenters. The van der Waals surface area contributed by atoms with Crippen molar-refractivity contribution in [2.24, 2.45) is 0 Å². The Bertz CT molecular complexity index is 909. The Morgan fingerprint density at radius 1 is 1.08 bits per heavy atom. The summed E-state index contributed by atoms with van der Waals surface area (Å²) in [6.45, 7) is -0.716. The fourth-order valence-corrected chi connectivity index (χ4v) is 4.75. The lowest BCUT2D eigenvalue weighted by Crippen LogP contribution is -2.14. The van der Waals surface area contributed by atoms with Gasteiger partial charge in [-0.25, -0.2) is 4.79 Å². The fourth-order valence-electron chi connectivity index (χ4n) is 2.36. The van der Waals surface area contributed by atoms with Crippen LogP contribution in [0.2, 0.25) is 0 Å². The molecule has 0 aliphatic heterocycles. The average Bonchev–Trinajstić information content (AvgIpc) is 2.62. The van der Waals surface area contributed by atoms with Gasteiger partial charge in [-0.2, -0.15) is 0 Å². The molecule has 122 valence electrons. The number of fused-ring (bicyclic) bond motifs is 1. The molecule has 4 nitrogen and oxygen atoms in total. The van der Waals surface area contributed by atoms with E-state index >= 15 is 0 Å². The molecule has 0 aliphatic rings. The van der Waals surface area contributed by atoms with Crippen LogP contribution in [0.3, 0.4) is 0 Å². The van der Waals surface area contributed by atoms with Crippen LogP contribution >= 0.6 is 6.49 Å². The van der Waals surface area contributed by atoms with E-state index in [1.807, 2.05) is 55.5 Å². The number of para-hydroxylation sites is 1. The summed E-state index contributed by atoms with van der Waals surface area (Å²) in [5, 5.41) is 1.58. The predicted molar refractivity (Wildman–Crippen MR) is 99.1 cm³/mol. The molecule has 1 aromatic heterocycles. The maximum atomic E-state index is 12.7. The second-order valence-electron chi connectivity index (χ2n) is 5.01. The van der Waals surface area contributed by atoms with E-state index in [9.17, 15) is 4.79 Å². The van der Waals surface area contributed by atoms with Crippen LogP contribution < -0.4 is 5.30 Å². The van der Waals surface area contributed by atoms with Gasteiger partial charge in [-0.1, -0.05) is 36.4 Å². The summed E-state index contributed by atoms with van der Waals surface area (Å²) in [7, 11) is 0. The highest BCUT2D eigenvalue weighted by molar-refractivity contribution is 8.13. The molecule has 1 unspecified atom stereocenters. The Hall–Kier alpha value is -2.07. The van der Waals surface area contributed by atoms with Crippen molar-refractivity contribution >= 4 is 40.5 Å². The smallest absolute Gasteiger partial charge is 0.345 e. The van der Waals surface area contributed by atoms with Gasteiger partial charge in [-0.05, 0) is 43.0 Å². The number of carbonyl (C=O) groups excluding carboxylic acids is 1. The minimum Gasteiger partial charge on any atom is -0.405 e. The standard InChI is InChI=1S/C18H16NO3PS/c1-2-21-23(24,15-10-4-3-5-11-15)22-18(20)16-12-6-8-14-9-7-13-19-17(14)16/h3-13H,2H2,1H3. The highest BCUT2D eigenvalue weighted by atomic mass is 32.5. The monoisotopic (exact) mass is 357 g/mol. The molecule has 0 aliphatic carbocycles. The molecule has 0 saturated heterocycles. The summed E-state index contributed by atoms with van der Waals surface area (Å²) in [4.78, 5) is 17.0. The zero-order valence-electron chi connectivity index (χ0n) is 13.1. The van der Waals surface area contributed by atoms with Crippen molar-refractivity contribution in [3.8, 4) is 0 Å². The second-order valence-corrected chi connectivity index (χ2v) is 8.40. The molecule has 3 rings (SSSR count). The van der Waals surface area contributed by atoms with Crippen molar-refractivity contribution in [1.29, 1.82) is 0 Å². The maximum absolute atomic E-state index is 12.7. The van der Waals surface area contributed by atoms with Crippen molar-refractivity contribution in [3.63, 3.8) is 0 Å². The quantitative estimate of drug-likeness (QED) is 0.645. The van der Waals surface area contributed by atoms with Crippen LogP contribution in [0.15, 0.2) is 66.9 Å². The largest absolute Gasteiger partial charge is 0.405 e. The Labute approximate surface area is 145 Å². The van der Waals surface area contributed by atoms with Crippen molar-refractivity contribution < 1.29 is 13.8 Å². The zero-order chi connectivity index (χ0) is 17.0. The summed E-state index contributed by atoms with van der Waals surface area (Å²) in [6, 6.07) is 18.3. The van der Waals surface area contributed by atoms with Gasteiger partial charge in [0.05, 0.1) is 17.7 Å².